The number of nitrogens with one attached hydrogen (secondary N) is 1. The predicted octanol–water partition coefficient (Wildman–Crippen LogP) is 3.14. The molecular weight excluding hydrogens is 294 g/mol. The van der Waals surface area contributed by atoms with E-state index in [1.165, 1.54) is 0 Å². The van der Waals surface area contributed by atoms with E-state index in [0.29, 0.717) is 11.4 Å². The van der Waals surface area contributed by atoms with E-state index in [0.717, 1.165) is 4.47 Å². The summed E-state index contributed by atoms with van der Waals surface area (Å²) in [5.41, 5.74) is 1.22. The molecule has 0 saturated heterocycles. The van der Waals surface area contributed by atoms with Crippen LogP contribution >= 0.6 is 15.9 Å². The number of pyridine rings is 1. The van der Waals surface area contributed by atoms with Gasteiger partial charge in [-0.2, -0.15) is 0 Å². The molecule has 1 aliphatic rings. The molecule has 0 bridgehead atoms. The molecule has 3 nitrogen and oxygen atoms in total. The van der Waals surface area contributed by atoms with E-state index in [1.807, 2.05) is 0 Å². The van der Waals surface area contributed by atoms with E-state index < -0.39 is 11.8 Å². The minimum Gasteiger partial charge on any atom is -0.324 e. The van der Waals surface area contributed by atoms with Crippen molar-refractivity contribution in [3.63, 3.8) is 0 Å². The van der Waals surface area contributed by atoms with E-state index >= 15 is 0 Å². The first-order valence-corrected chi connectivity index (χ1v) is 5.97. The number of carbonyl (C=O) groups is 1. The maximum Gasteiger partial charge on any atom is 0.249 e. The van der Waals surface area contributed by atoms with Gasteiger partial charge in [0.15, 0.2) is 0 Å². The van der Waals surface area contributed by atoms with Gasteiger partial charge in [0.1, 0.15) is 0 Å². The smallest absolute Gasteiger partial charge is 0.249 e. The van der Waals surface area contributed by atoms with Gasteiger partial charge in [-0.25, -0.2) is 8.78 Å². The second kappa shape index (κ2) is 4.33. The van der Waals surface area contributed by atoms with Crippen molar-refractivity contribution in [1.82, 2.24) is 4.98 Å². The van der Waals surface area contributed by atoms with Gasteiger partial charge in [0.2, 0.25) is 11.8 Å². The average molecular weight is 305 g/mol. The summed E-state index contributed by atoms with van der Waals surface area (Å²) in [6.07, 6.45) is 0.890. The van der Waals surface area contributed by atoms with Gasteiger partial charge < -0.3 is 5.32 Å². The van der Waals surface area contributed by atoms with Crippen LogP contribution in [0.2, 0.25) is 0 Å². The monoisotopic (exact) mass is 304 g/mol. The minimum atomic E-state index is -2.67. The molecule has 1 aromatic rings. The quantitative estimate of drug-likeness (QED) is 0.912. The van der Waals surface area contributed by atoms with Gasteiger partial charge in [-0.05, 0) is 28.9 Å². The molecule has 1 saturated carbocycles. The van der Waals surface area contributed by atoms with Gasteiger partial charge in [0, 0.05) is 29.4 Å². The lowest BCUT2D eigenvalue weighted by atomic mass is 9.81. The van der Waals surface area contributed by atoms with Crippen molar-refractivity contribution in [3.8, 4) is 0 Å². The highest BCUT2D eigenvalue weighted by molar-refractivity contribution is 9.10. The number of rotatable bonds is 2. The van der Waals surface area contributed by atoms with Crippen molar-refractivity contribution in [1.29, 1.82) is 0 Å². The number of halogens is 3. The molecule has 0 radical (unpaired) electrons. The summed E-state index contributed by atoms with van der Waals surface area (Å²) < 4.78 is 26.0. The molecule has 0 aromatic carbocycles. The van der Waals surface area contributed by atoms with E-state index in [-0.39, 0.29) is 18.7 Å². The second-order valence-electron chi connectivity index (χ2n) is 4.24. The van der Waals surface area contributed by atoms with Crippen LogP contribution in [0.3, 0.4) is 0 Å². The Morgan fingerprint density at radius 2 is 2.24 bits per heavy atom. The second-order valence-corrected chi connectivity index (χ2v) is 5.15. The number of nitrogens with zero attached hydrogens (tertiary/aromatic N) is 1. The van der Waals surface area contributed by atoms with Crippen LogP contribution in [0.5, 0.6) is 0 Å². The zero-order chi connectivity index (χ0) is 12.6. The minimum absolute atomic E-state index is 0.362. The van der Waals surface area contributed by atoms with Gasteiger partial charge in [-0.15, -0.1) is 0 Å². The molecular formula is C11H11BrF2N2O. The standard InChI is InChI=1S/C11H11BrF2N2O/c1-6-9(2-8(12)5-15-6)16-10(17)7-3-11(13,14)4-7/h2,5,7H,3-4H2,1H3,(H,16,17). The lowest BCUT2D eigenvalue weighted by Crippen LogP contribution is -2.42. The van der Waals surface area contributed by atoms with E-state index in [4.69, 9.17) is 0 Å². The third-order valence-corrected chi connectivity index (χ3v) is 3.21. The van der Waals surface area contributed by atoms with Crippen LogP contribution in [0, 0.1) is 12.8 Å². The van der Waals surface area contributed by atoms with Crippen LogP contribution < -0.4 is 5.32 Å². The fourth-order valence-electron chi connectivity index (χ4n) is 1.72. The zero-order valence-electron chi connectivity index (χ0n) is 9.14. The van der Waals surface area contributed by atoms with Crippen molar-refractivity contribution >= 4 is 27.5 Å². The molecule has 1 heterocycles. The number of amides is 1. The summed E-state index contributed by atoms with van der Waals surface area (Å²) in [5, 5.41) is 2.63. The number of aromatic nitrogens is 1. The molecule has 0 aliphatic heterocycles. The third-order valence-electron chi connectivity index (χ3n) is 2.77. The van der Waals surface area contributed by atoms with Gasteiger partial charge in [-0.1, -0.05) is 0 Å². The summed E-state index contributed by atoms with van der Waals surface area (Å²) in [6, 6.07) is 1.71. The number of hydrogen-bond acceptors (Lipinski definition) is 2. The van der Waals surface area contributed by atoms with Crippen LogP contribution in [0.15, 0.2) is 16.7 Å². The Kier molecular flexibility index (Phi) is 3.16. The maximum absolute atomic E-state index is 12.6. The molecule has 1 fully saturated rings. The van der Waals surface area contributed by atoms with E-state index in [2.05, 4.69) is 26.2 Å². The first-order chi connectivity index (χ1) is 7.87. The molecule has 0 unspecified atom stereocenters. The van der Waals surface area contributed by atoms with Gasteiger partial charge >= 0.3 is 0 Å². The Hall–Kier alpha value is -1.04. The Morgan fingerprint density at radius 3 is 2.82 bits per heavy atom. The summed E-state index contributed by atoms with van der Waals surface area (Å²) in [5.74, 6) is -3.63. The van der Waals surface area contributed by atoms with E-state index in [9.17, 15) is 13.6 Å². The Balaban J connectivity index is 2.02. The predicted molar refractivity (Wildman–Crippen MR) is 63.0 cm³/mol. The van der Waals surface area contributed by atoms with Crippen molar-refractivity contribution in [2.75, 3.05) is 5.32 Å². The molecule has 2 rings (SSSR count). The summed E-state index contributed by atoms with van der Waals surface area (Å²) in [7, 11) is 0. The van der Waals surface area contributed by atoms with Crippen molar-refractivity contribution in [3.05, 3.63) is 22.4 Å². The zero-order valence-corrected chi connectivity index (χ0v) is 10.7. The SMILES string of the molecule is Cc1ncc(Br)cc1NC(=O)C1CC(F)(F)C1. The third kappa shape index (κ3) is 2.80. The highest BCUT2D eigenvalue weighted by Crippen LogP contribution is 2.42. The topological polar surface area (TPSA) is 42.0 Å². The molecule has 0 spiro atoms. The van der Waals surface area contributed by atoms with Crippen LogP contribution in [-0.2, 0) is 4.79 Å². The normalized spacial score (nSPS) is 18.6. The molecule has 1 aliphatic carbocycles. The maximum atomic E-state index is 12.6. The van der Waals surface area contributed by atoms with Gasteiger partial charge in [-0.3, -0.25) is 9.78 Å². The fraction of sp³-hybridized carbons (Fsp3) is 0.455. The molecule has 17 heavy (non-hydrogen) atoms. The Bertz CT molecular complexity index is 457. The van der Waals surface area contributed by atoms with Gasteiger partial charge in [0.25, 0.3) is 0 Å². The highest BCUT2D eigenvalue weighted by atomic mass is 79.9. The van der Waals surface area contributed by atoms with Crippen molar-refractivity contribution in [2.24, 2.45) is 5.92 Å². The fourth-order valence-corrected chi connectivity index (χ4v) is 2.05. The molecule has 0 atom stereocenters. The van der Waals surface area contributed by atoms with Crippen LogP contribution in [0.4, 0.5) is 14.5 Å². The molecule has 1 amide bonds. The number of hydrogen-bond donors (Lipinski definition) is 1. The number of alkyl halides is 2. The lowest BCUT2D eigenvalue weighted by Gasteiger charge is -2.33. The van der Waals surface area contributed by atoms with Crippen LogP contribution in [0.1, 0.15) is 18.5 Å². The summed E-state index contributed by atoms with van der Waals surface area (Å²) in [4.78, 5) is 15.7. The van der Waals surface area contributed by atoms with Gasteiger partial charge in [0.05, 0.1) is 11.4 Å². The first-order valence-electron chi connectivity index (χ1n) is 5.18. The first kappa shape index (κ1) is 12.4. The Labute approximate surface area is 106 Å². The van der Waals surface area contributed by atoms with Crippen molar-refractivity contribution in [2.45, 2.75) is 25.7 Å². The lowest BCUT2D eigenvalue weighted by molar-refractivity contribution is -0.145. The van der Waals surface area contributed by atoms with E-state index in [1.54, 1.807) is 19.2 Å². The van der Waals surface area contributed by atoms with Crippen LogP contribution in [0.25, 0.3) is 0 Å². The Morgan fingerprint density at radius 1 is 1.59 bits per heavy atom. The average Bonchev–Trinajstić information content (AvgIpc) is 2.20. The van der Waals surface area contributed by atoms with Crippen LogP contribution in [-0.4, -0.2) is 16.8 Å². The molecule has 1 N–H and O–H groups in total. The summed E-state index contributed by atoms with van der Waals surface area (Å²) in [6.45, 7) is 1.75. The largest absolute Gasteiger partial charge is 0.324 e. The number of carbonyl (C=O) groups excluding carboxylic acids is 1. The number of aryl methyl sites for hydroxylation is 1. The van der Waals surface area contributed by atoms with Crippen molar-refractivity contribution < 1.29 is 13.6 Å². The molecule has 6 heteroatoms. The summed E-state index contributed by atoms with van der Waals surface area (Å²) >= 11 is 3.24. The molecule has 92 valence electrons. The molecule has 1 aromatic heterocycles. The highest BCUT2D eigenvalue weighted by Gasteiger charge is 2.48. The number of anilines is 1.